The lowest BCUT2D eigenvalue weighted by Crippen LogP contribution is -2.20. The molecule has 6 nitrogen and oxygen atoms in total. The summed E-state index contributed by atoms with van der Waals surface area (Å²) in [5.74, 6) is -1.11. The summed E-state index contributed by atoms with van der Waals surface area (Å²) in [6.45, 7) is 0.251. The van der Waals surface area contributed by atoms with Crippen molar-refractivity contribution in [2.75, 3.05) is 6.61 Å². The van der Waals surface area contributed by atoms with E-state index in [1.807, 2.05) is 0 Å². The molecule has 3 aromatic rings. The first-order chi connectivity index (χ1) is 13.5. The topological polar surface area (TPSA) is 88.4 Å². The van der Waals surface area contributed by atoms with Crippen LogP contribution in [0.25, 0.3) is 22.0 Å². The number of aryl methyl sites for hydroxylation is 1. The molecule has 0 atom stereocenters. The number of hydrogen-bond donors (Lipinski definition) is 2. The Morgan fingerprint density at radius 1 is 1.07 bits per heavy atom. The molecule has 2 heterocycles. The fourth-order valence-electron chi connectivity index (χ4n) is 3.65. The zero-order valence-corrected chi connectivity index (χ0v) is 16.0. The first kappa shape index (κ1) is 18.7. The van der Waals surface area contributed by atoms with Crippen LogP contribution >= 0.6 is 23.2 Å². The van der Waals surface area contributed by atoms with Gasteiger partial charge in [-0.05, 0) is 24.1 Å². The summed E-state index contributed by atoms with van der Waals surface area (Å²) >= 11 is 12.8. The molecule has 0 bridgehead atoms. The van der Waals surface area contributed by atoms with Crippen LogP contribution in [0.1, 0.15) is 37.6 Å². The molecule has 2 N–H and O–H groups in total. The van der Waals surface area contributed by atoms with E-state index in [2.05, 4.69) is 5.32 Å². The van der Waals surface area contributed by atoms with E-state index in [0.717, 1.165) is 0 Å². The van der Waals surface area contributed by atoms with Gasteiger partial charge in [0.2, 0.25) is 0 Å². The van der Waals surface area contributed by atoms with Gasteiger partial charge >= 0.3 is 0 Å². The highest BCUT2D eigenvalue weighted by Gasteiger charge is 2.35. The third-order valence-corrected chi connectivity index (χ3v) is 5.54. The van der Waals surface area contributed by atoms with E-state index in [1.165, 1.54) is 0 Å². The summed E-state index contributed by atoms with van der Waals surface area (Å²) in [6.07, 6.45) is 1.00. The predicted octanol–water partition coefficient (Wildman–Crippen LogP) is 3.69. The molecule has 2 amide bonds. The molecule has 8 heteroatoms. The van der Waals surface area contributed by atoms with Gasteiger partial charge in [0.15, 0.2) is 6.29 Å². The minimum Gasteiger partial charge on any atom is -0.396 e. The molecule has 28 heavy (non-hydrogen) atoms. The van der Waals surface area contributed by atoms with Gasteiger partial charge in [0.05, 0.1) is 21.7 Å². The molecule has 0 radical (unpaired) electrons. The standard InChI is InChI=1S/C20H14Cl2N2O4/c21-12-5-2-1-4-10(12)11-8-13-16(17-15(11)19(27)23-20(17)28)18(22)14(9-26)24(13)6-3-7-25/h1-2,4-5,8-9,25H,3,6-7H2,(H,23,27,28). The minimum absolute atomic E-state index is 0.0725. The lowest BCUT2D eigenvalue weighted by atomic mass is 9.94. The number of benzene rings is 2. The molecule has 0 saturated heterocycles. The smallest absolute Gasteiger partial charge is 0.259 e. The van der Waals surface area contributed by atoms with E-state index in [9.17, 15) is 19.5 Å². The van der Waals surface area contributed by atoms with Gasteiger partial charge in [0, 0.05) is 29.1 Å². The number of nitrogens with one attached hydrogen (secondary N) is 1. The Balaban J connectivity index is 2.16. The number of imide groups is 1. The van der Waals surface area contributed by atoms with Crippen LogP contribution in [0.5, 0.6) is 0 Å². The second kappa shape index (κ2) is 7.05. The number of halogens is 2. The van der Waals surface area contributed by atoms with Gasteiger partial charge in [-0.3, -0.25) is 19.7 Å². The van der Waals surface area contributed by atoms with Crippen molar-refractivity contribution in [2.24, 2.45) is 0 Å². The Labute approximate surface area is 169 Å². The number of fused-ring (bicyclic) bond motifs is 3. The molecule has 0 fully saturated rings. The van der Waals surface area contributed by atoms with Crippen LogP contribution in [0.2, 0.25) is 10.0 Å². The van der Waals surface area contributed by atoms with E-state index in [4.69, 9.17) is 23.2 Å². The highest BCUT2D eigenvalue weighted by Crippen LogP contribution is 2.42. The first-order valence-electron chi connectivity index (χ1n) is 8.54. The fraction of sp³-hybridized carbons (Fsp3) is 0.150. The molecule has 0 saturated carbocycles. The second-order valence-electron chi connectivity index (χ2n) is 6.38. The van der Waals surface area contributed by atoms with E-state index >= 15 is 0 Å². The molecule has 0 unspecified atom stereocenters. The molecular formula is C20H14Cl2N2O4. The maximum Gasteiger partial charge on any atom is 0.259 e. The maximum atomic E-state index is 12.6. The quantitative estimate of drug-likeness (QED) is 0.490. The molecule has 142 valence electrons. The maximum absolute atomic E-state index is 12.6. The van der Waals surface area contributed by atoms with Gasteiger partial charge < -0.3 is 9.67 Å². The molecule has 1 aliphatic rings. The zero-order valence-electron chi connectivity index (χ0n) is 14.5. The molecule has 2 aromatic carbocycles. The third kappa shape index (κ3) is 2.64. The Kier molecular flexibility index (Phi) is 4.71. The summed E-state index contributed by atoms with van der Waals surface area (Å²) < 4.78 is 1.65. The molecule has 4 rings (SSSR count). The van der Waals surface area contributed by atoms with E-state index in [1.54, 1.807) is 34.9 Å². The Morgan fingerprint density at radius 2 is 1.79 bits per heavy atom. The van der Waals surface area contributed by atoms with Crippen molar-refractivity contribution in [1.82, 2.24) is 9.88 Å². The second-order valence-corrected chi connectivity index (χ2v) is 7.16. The van der Waals surface area contributed by atoms with Crippen LogP contribution in [0.3, 0.4) is 0 Å². The van der Waals surface area contributed by atoms with Crippen LogP contribution in [0.4, 0.5) is 0 Å². The summed E-state index contributed by atoms with van der Waals surface area (Å²) in [4.78, 5) is 36.8. The number of carbonyl (C=O) groups excluding carboxylic acids is 3. The summed E-state index contributed by atoms with van der Waals surface area (Å²) in [5, 5.41) is 12.4. The third-order valence-electron chi connectivity index (χ3n) is 4.83. The predicted molar refractivity (Wildman–Crippen MR) is 106 cm³/mol. The van der Waals surface area contributed by atoms with Gasteiger partial charge in [0.25, 0.3) is 11.8 Å². The van der Waals surface area contributed by atoms with Gasteiger partial charge in [0.1, 0.15) is 5.69 Å². The van der Waals surface area contributed by atoms with Gasteiger partial charge in [-0.15, -0.1) is 0 Å². The average Bonchev–Trinajstić information content (AvgIpc) is 3.13. The van der Waals surface area contributed by atoms with Crippen LogP contribution in [0, 0.1) is 0 Å². The molecule has 0 spiro atoms. The van der Waals surface area contributed by atoms with Gasteiger partial charge in [-0.25, -0.2) is 0 Å². The highest BCUT2D eigenvalue weighted by molar-refractivity contribution is 6.42. The van der Waals surface area contributed by atoms with Gasteiger partial charge in [-0.2, -0.15) is 0 Å². The fourth-order valence-corrected chi connectivity index (χ4v) is 4.22. The lowest BCUT2D eigenvalue weighted by Gasteiger charge is -2.12. The number of aromatic nitrogens is 1. The van der Waals surface area contributed by atoms with E-state index < -0.39 is 11.8 Å². The van der Waals surface area contributed by atoms with Crippen molar-refractivity contribution < 1.29 is 19.5 Å². The Hall–Kier alpha value is -2.67. The lowest BCUT2D eigenvalue weighted by molar-refractivity contribution is 0.0880. The number of aliphatic hydroxyl groups is 1. The van der Waals surface area contributed by atoms with Crippen molar-refractivity contribution in [2.45, 2.75) is 13.0 Å². The van der Waals surface area contributed by atoms with E-state index in [-0.39, 0.29) is 28.5 Å². The summed E-state index contributed by atoms with van der Waals surface area (Å²) in [7, 11) is 0. The van der Waals surface area contributed by atoms with Crippen molar-refractivity contribution in [3.63, 3.8) is 0 Å². The minimum atomic E-state index is -0.572. The molecular weight excluding hydrogens is 403 g/mol. The Morgan fingerprint density at radius 3 is 2.46 bits per heavy atom. The molecule has 1 aromatic heterocycles. The number of carbonyl (C=O) groups is 3. The zero-order chi connectivity index (χ0) is 20.0. The molecule has 1 aliphatic heterocycles. The molecule has 0 aliphatic carbocycles. The van der Waals surface area contributed by atoms with Crippen molar-refractivity contribution in [3.05, 3.63) is 57.2 Å². The van der Waals surface area contributed by atoms with Crippen LogP contribution < -0.4 is 5.32 Å². The van der Waals surface area contributed by atoms with Crippen LogP contribution in [-0.2, 0) is 6.54 Å². The van der Waals surface area contributed by atoms with Crippen LogP contribution in [0.15, 0.2) is 30.3 Å². The number of hydrogen-bond acceptors (Lipinski definition) is 4. The van der Waals surface area contributed by atoms with Crippen molar-refractivity contribution in [1.29, 1.82) is 0 Å². The SMILES string of the molecule is O=Cc1c(Cl)c2c3c(c(-c4ccccc4Cl)cc2n1CCCO)C(=O)NC3=O. The largest absolute Gasteiger partial charge is 0.396 e. The normalized spacial score (nSPS) is 13.1. The van der Waals surface area contributed by atoms with E-state index in [0.29, 0.717) is 46.3 Å². The number of nitrogens with zero attached hydrogens (tertiary/aromatic N) is 1. The first-order valence-corrected chi connectivity index (χ1v) is 9.30. The highest BCUT2D eigenvalue weighted by atomic mass is 35.5. The number of aliphatic hydroxyl groups excluding tert-OH is 1. The number of rotatable bonds is 5. The summed E-state index contributed by atoms with van der Waals surface area (Å²) in [6, 6.07) is 8.70. The summed E-state index contributed by atoms with van der Waals surface area (Å²) in [5.41, 5.74) is 2.10. The van der Waals surface area contributed by atoms with Crippen molar-refractivity contribution in [3.8, 4) is 11.1 Å². The van der Waals surface area contributed by atoms with Crippen molar-refractivity contribution >= 4 is 52.2 Å². The number of amides is 2. The Bertz CT molecular complexity index is 1170. The number of aldehydes is 1. The van der Waals surface area contributed by atoms with Crippen LogP contribution in [-0.4, -0.2) is 34.4 Å². The monoisotopic (exact) mass is 416 g/mol. The average molecular weight is 417 g/mol. The van der Waals surface area contributed by atoms with Gasteiger partial charge in [-0.1, -0.05) is 41.4 Å².